The van der Waals surface area contributed by atoms with Gasteiger partial charge in [-0.25, -0.2) is 4.98 Å². The molecule has 2 heterocycles. The quantitative estimate of drug-likeness (QED) is 0.719. The minimum Gasteiger partial charge on any atom is -0.504 e. The Labute approximate surface area is 157 Å². The van der Waals surface area contributed by atoms with Crippen LogP contribution in [0.2, 0.25) is 0 Å². The van der Waals surface area contributed by atoms with E-state index in [-0.39, 0.29) is 22.2 Å². The van der Waals surface area contributed by atoms with Crippen molar-refractivity contribution >= 4 is 22.6 Å². The normalized spacial score (nSPS) is 15.2. The number of rotatable bonds is 2. The fraction of sp³-hybridized carbons (Fsp3) is 0.200. The van der Waals surface area contributed by atoms with Gasteiger partial charge in [-0.1, -0.05) is 6.07 Å². The van der Waals surface area contributed by atoms with Crippen LogP contribution in [-0.2, 0) is 12.7 Å². The summed E-state index contributed by atoms with van der Waals surface area (Å²) in [5, 5.41) is 9.86. The van der Waals surface area contributed by atoms with Gasteiger partial charge in [0.1, 0.15) is 5.82 Å². The lowest BCUT2D eigenvalue weighted by molar-refractivity contribution is -0.137. The second-order valence-corrected chi connectivity index (χ2v) is 6.47. The molecule has 2 aromatic carbocycles. The highest BCUT2D eigenvalue weighted by Crippen LogP contribution is 2.33. The molecule has 5 nitrogen and oxygen atoms in total. The van der Waals surface area contributed by atoms with Crippen LogP contribution in [0.5, 0.6) is 11.5 Å². The van der Waals surface area contributed by atoms with Crippen LogP contribution in [0, 0.1) is 0 Å². The molecular weight excluding hydrogens is 373 g/mol. The highest BCUT2D eigenvalue weighted by Gasteiger charge is 2.31. The highest BCUT2D eigenvalue weighted by molar-refractivity contribution is 5.85. The minimum atomic E-state index is -4.51. The number of ether oxygens (including phenoxy) is 1. The smallest absolute Gasteiger partial charge is 0.416 e. The molecule has 1 aliphatic heterocycles. The Kier molecular flexibility index (Phi) is 4.14. The molecule has 144 valence electrons. The van der Waals surface area contributed by atoms with Crippen molar-refractivity contribution in [3.8, 4) is 11.5 Å². The van der Waals surface area contributed by atoms with Crippen LogP contribution >= 0.6 is 0 Å². The topological polar surface area (TPSA) is 64.4 Å². The van der Waals surface area contributed by atoms with Gasteiger partial charge in [0, 0.05) is 6.54 Å². The number of aromatic nitrogens is 2. The first-order chi connectivity index (χ1) is 13.3. The van der Waals surface area contributed by atoms with Crippen molar-refractivity contribution in [3.63, 3.8) is 0 Å². The number of fused-ring (bicyclic) bond motifs is 2. The molecule has 0 unspecified atom stereocenters. The monoisotopic (exact) mass is 388 g/mol. The van der Waals surface area contributed by atoms with Crippen molar-refractivity contribution in [1.29, 1.82) is 0 Å². The molecule has 0 saturated carbocycles. The average molecular weight is 388 g/mol. The first kappa shape index (κ1) is 18.1. The second kappa shape index (κ2) is 6.40. The van der Waals surface area contributed by atoms with E-state index in [0.717, 1.165) is 23.3 Å². The maximum Gasteiger partial charge on any atom is 0.416 e. The van der Waals surface area contributed by atoms with E-state index in [1.54, 1.807) is 18.2 Å². The van der Waals surface area contributed by atoms with Crippen LogP contribution in [-0.4, -0.2) is 21.8 Å². The molecule has 1 N–H and O–H groups in total. The standard InChI is InChI=1S/C20H15F3N2O3/c1-28-17-9-11(2-5-16(17)26)8-12-6-7-25-18(12)24-15-10-13(20(21,22)23)3-4-14(15)19(25)27/h2-5,8-10,26H,6-7H2,1H3/b12-8+. The van der Waals surface area contributed by atoms with E-state index in [1.807, 2.05) is 0 Å². The number of methoxy groups -OCH3 is 1. The van der Waals surface area contributed by atoms with Crippen LogP contribution in [0.15, 0.2) is 41.2 Å². The summed E-state index contributed by atoms with van der Waals surface area (Å²) in [6.07, 6.45) is -2.20. The maximum absolute atomic E-state index is 13.0. The lowest BCUT2D eigenvalue weighted by Crippen LogP contribution is -2.21. The minimum absolute atomic E-state index is 0.00325. The Hall–Kier alpha value is -3.29. The van der Waals surface area contributed by atoms with Gasteiger partial charge in [0.25, 0.3) is 5.56 Å². The zero-order valence-electron chi connectivity index (χ0n) is 14.7. The Morgan fingerprint density at radius 1 is 1.21 bits per heavy atom. The van der Waals surface area contributed by atoms with Crippen molar-refractivity contribution in [3.05, 3.63) is 63.7 Å². The number of alkyl halides is 3. The largest absolute Gasteiger partial charge is 0.504 e. The Morgan fingerprint density at radius 2 is 2.00 bits per heavy atom. The predicted octanol–water partition coefficient (Wildman–Crippen LogP) is 4.07. The molecule has 4 rings (SSSR count). The molecule has 1 aromatic heterocycles. The van der Waals surface area contributed by atoms with Crippen LogP contribution in [0.1, 0.15) is 23.4 Å². The van der Waals surface area contributed by atoms with Gasteiger partial charge in [-0.3, -0.25) is 9.36 Å². The first-order valence-electron chi connectivity index (χ1n) is 8.47. The summed E-state index contributed by atoms with van der Waals surface area (Å²) in [7, 11) is 1.43. The SMILES string of the molecule is COc1cc(/C=C2\CCn3c2nc2cc(C(F)(F)F)ccc2c3=O)ccc1O. The van der Waals surface area contributed by atoms with Gasteiger partial charge in [-0.15, -0.1) is 0 Å². The van der Waals surface area contributed by atoms with Crippen molar-refractivity contribution in [1.82, 2.24) is 9.55 Å². The highest BCUT2D eigenvalue weighted by atomic mass is 19.4. The molecule has 0 bridgehead atoms. The van der Waals surface area contributed by atoms with Crippen LogP contribution < -0.4 is 10.3 Å². The average Bonchev–Trinajstić information content (AvgIpc) is 3.05. The van der Waals surface area contributed by atoms with Gasteiger partial charge in [-0.2, -0.15) is 13.2 Å². The third-order valence-corrected chi connectivity index (χ3v) is 4.72. The summed E-state index contributed by atoms with van der Waals surface area (Å²) >= 11 is 0. The number of nitrogens with zero attached hydrogens (tertiary/aromatic N) is 2. The van der Waals surface area contributed by atoms with Gasteiger partial charge < -0.3 is 9.84 Å². The molecule has 1 aliphatic rings. The third kappa shape index (κ3) is 3.00. The maximum atomic E-state index is 13.0. The van der Waals surface area contributed by atoms with Gasteiger partial charge in [0.05, 0.1) is 23.6 Å². The fourth-order valence-electron chi connectivity index (χ4n) is 3.32. The zero-order chi connectivity index (χ0) is 20.1. The molecule has 0 aliphatic carbocycles. The Bertz CT molecular complexity index is 1180. The Morgan fingerprint density at radius 3 is 2.71 bits per heavy atom. The molecular formula is C20H15F3N2O3. The van der Waals surface area contributed by atoms with Crippen LogP contribution in [0.25, 0.3) is 22.6 Å². The number of allylic oxidation sites excluding steroid dienone is 1. The molecule has 0 fully saturated rings. The van der Waals surface area contributed by atoms with E-state index in [0.29, 0.717) is 24.5 Å². The molecule has 3 aromatic rings. The predicted molar refractivity (Wildman–Crippen MR) is 98.2 cm³/mol. The summed E-state index contributed by atoms with van der Waals surface area (Å²) in [5.41, 5.74) is 0.256. The molecule has 0 atom stereocenters. The van der Waals surface area contributed by atoms with Crippen molar-refractivity contribution < 1.29 is 23.0 Å². The molecule has 0 amide bonds. The zero-order valence-corrected chi connectivity index (χ0v) is 14.7. The summed E-state index contributed by atoms with van der Waals surface area (Å²) in [6, 6.07) is 7.76. The lowest BCUT2D eigenvalue weighted by atomic mass is 10.1. The summed E-state index contributed by atoms with van der Waals surface area (Å²) in [4.78, 5) is 17.0. The lowest BCUT2D eigenvalue weighted by Gasteiger charge is -2.09. The molecule has 0 spiro atoms. The summed E-state index contributed by atoms with van der Waals surface area (Å²) < 4.78 is 45.6. The van der Waals surface area contributed by atoms with Gasteiger partial charge >= 0.3 is 6.18 Å². The fourth-order valence-corrected chi connectivity index (χ4v) is 3.32. The number of phenolic OH excluding ortho intramolecular Hbond substituents is 1. The van der Waals surface area contributed by atoms with E-state index in [9.17, 15) is 23.1 Å². The number of hydrogen-bond donors (Lipinski definition) is 1. The summed E-state index contributed by atoms with van der Waals surface area (Å²) in [5.74, 6) is 0.645. The molecule has 0 radical (unpaired) electrons. The molecule has 8 heteroatoms. The number of hydrogen-bond acceptors (Lipinski definition) is 4. The van der Waals surface area contributed by atoms with Crippen molar-refractivity contribution in [2.75, 3.05) is 7.11 Å². The van der Waals surface area contributed by atoms with E-state index >= 15 is 0 Å². The third-order valence-electron chi connectivity index (χ3n) is 4.72. The van der Waals surface area contributed by atoms with Crippen LogP contribution in [0.3, 0.4) is 0 Å². The number of aromatic hydroxyl groups is 1. The van der Waals surface area contributed by atoms with Gasteiger partial charge in [0.2, 0.25) is 0 Å². The molecule has 28 heavy (non-hydrogen) atoms. The van der Waals surface area contributed by atoms with Crippen LogP contribution in [0.4, 0.5) is 13.2 Å². The van der Waals surface area contributed by atoms with Crippen molar-refractivity contribution in [2.24, 2.45) is 0 Å². The van der Waals surface area contributed by atoms with E-state index in [2.05, 4.69) is 4.98 Å². The van der Waals surface area contributed by atoms with Gasteiger partial charge in [0.15, 0.2) is 11.5 Å². The summed E-state index contributed by atoms with van der Waals surface area (Å²) in [6.45, 7) is 0.402. The van der Waals surface area contributed by atoms with E-state index in [4.69, 9.17) is 4.74 Å². The number of halogens is 3. The van der Waals surface area contributed by atoms with Crippen molar-refractivity contribution in [2.45, 2.75) is 19.1 Å². The number of benzene rings is 2. The number of phenols is 1. The van der Waals surface area contributed by atoms with E-state index < -0.39 is 11.7 Å². The van der Waals surface area contributed by atoms with Gasteiger partial charge in [-0.05, 0) is 54.0 Å². The Balaban J connectivity index is 1.86. The van der Waals surface area contributed by atoms with E-state index in [1.165, 1.54) is 23.8 Å². The molecule has 0 saturated heterocycles. The first-order valence-corrected chi connectivity index (χ1v) is 8.47. The second-order valence-electron chi connectivity index (χ2n) is 6.47.